The fraction of sp³-hybridized carbons (Fsp3) is 0.455. The van der Waals surface area contributed by atoms with Crippen LogP contribution >= 0.6 is 0 Å². The Kier molecular flexibility index (Phi) is 1.47. The number of hydrogen-bond donors (Lipinski definition) is 2. The third-order valence-corrected chi connectivity index (χ3v) is 4.01. The summed E-state index contributed by atoms with van der Waals surface area (Å²) in [4.78, 5) is 0. The standard InChI is InChI=1S/C11H13BO2/c13-12(14)11-6-10(7-11,8-11)9-4-2-1-3-5-9/h1-5,13-14H,6-8H2. The highest BCUT2D eigenvalue weighted by Crippen LogP contribution is 2.79. The number of rotatable bonds is 2. The molecule has 1 aromatic rings. The molecule has 0 saturated heterocycles. The second-order valence-corrected chi connectivity index (χ2v) is 4.91. The minimum absolute atomic E-state index is 0.157. The van der Waals surface area contributed by atoms with Gasteiger partial charge in [-0.3, -0.25) is 0 Å². The van der Waals surface area contributed by atoms with Gasteiger partial charge in [0.15, 0.2) is 0 Å². The van der Waals surface area contributed by atoms with Crippen LogP contribution in [0.4, 0.5) is 0 Å². The van der Waals surface area contributed by atoms with Gasteiger partial charge in [-0.15, -0.1) is 0 Å². The third kappa shape index (κ3) is 0.843. The Hall–Kier alpha value is -0.795. The van der Waals surface area contributed by atoms with Crippen molar-refractivity contribution in [1.29, 1.82) is 0 Å². The van der Waals surface area contributed by atoms with E-state index in [-0.39, 0.29) is 10.7 Å². The fourth-order valence-electron chi connectivity index (χ4n) is 3.24. The first-order chi connectivity index (χ1) is 6.67. The van der Waals surface area contributed by atoms with Crippen LogP contribution in [0.25, 0.3) is 0 Å². The van der Waals surface area contributed by atoms with Gasteiger partial charge in [0.05, 0.1) is 0 Å². The molecule has 0 amide bonds. The van der Waals surface area contributed by atoms with Crippen LogP contribution in [0.1, 0.15) is 24.8 Å². The smallest absolute Gasteiger partial charge is 0.427 e. The minimum Gasteiger partial charge on any atom is -0.427 e. The van der Waals surface area contributed by atoms with Crippen LogP contribution in [-0.2, 0) is 5.41 Å². The molecule has 3 heteroatoms. The van der Waals surface area contributed by atoms with Crippen molar-refractivity contribution in [3.8, 4) is 0 Å². The molecule has 0 unspecified atom stereocenters. The zero-order valence-corrected chi connectivity index (χ0v) is 7.98. The highest BCUT2D eigenvalue weighted by Gasteiger charge is 2.72. The Balaban J connectivity index is 1.82. The molecule has 0 radical (unpaired) electrons. The molecule has 72 valence electrons. The summed E-state index contributed by atoms with van der Waals surface area (Å²) in [6.45, 7) is 0. The van der Waals surface area contributed by atoms with Crippen LogP contribution in [0.3, 0.4) is 0 Å². The molecular weight excluding hydrogens is 175 g/mol. The molecular formula is C11H13BO2. The first-order valence-electron chi connectivity index (χ1n) is 5.09. The lowest BCUT2D eigenvalue weighted by Crippen LogP contribution is -2.65. The molecule has 0 heterocycles. The van der Waals surface area contributed by atoms with Crippen molar-refractivity contribution in [2.45, 2.75) is 30.0 Å². The summed E-state index contributed by atoms with van der Waals surface area (Å²) in [6, 6.07) is 10.4. The predicted octanol–water partition coefficient (Wildman–Crippen LogP) is 1.34. The summed E-state index contributed by atoms with van der Waals surface area (Å²) in [5, 5.41) is 18.2. The van der Waals surface area contributed by atoms with Crippen molar-refractivity contribution in [1.82, 2.24) is 0 Å². The van der Waals surface area contributed by atoms with Crippen molar-refractivity contribution in [3.63, 3.8) is 0 Å². The molecule has 1 aromatic carbocycles. The van der Waals surface area contributed by atoms with Crippen molar-refractivity contribution >= 4 is 7.12 Å². The van der Waals surface area contributed by atoms with Crippen LogP contribution in [0.2, 0.25) is 5.31 Å². The van der Waals surface area contributed by atoms with Crippen LogP contribution in [0, 0.1) is 0 Å². The van der Waals surface area contributed by atoms with E-state index in [9.17, 15) is 10.0 Å². The van der Waals surface area contributed by atoms with E-state index in [4.69, 9.17) is 0 Å². The molecule has 0 atom stereocenters. The van der Waals surface area contributed by atoms with E-state index < -0.39 is 7.12 Å². The van der Waals surface area contributed by atoms with Gasteiger partial charge >= 0.3 is 7.12 Å². The maximum Gasteiger partial charge on any atom is 0.458 e. The van der Waals surface area contributed by atoms with Gasteiger partial charge in [0.2, 0.25) is 0 Å². The van der Waals surface area contributed by atoms with E-state index in [0.29, 0.717) is 0 Å². The quantitative estimate of drug-likeness (QED) is 0.687. The zero-order valence-electron chi connectivity index (χ0n) is 7.98. The van der Waals surface area contributed by atoms with Crippen LogP contribution in [0.15, 0.2) is 30.3 Å². The van der Waals surface area contributed by atoms with Crippen LogP contribution < -0.4 is 0 Å². The second-order valence-electron chi connectivity index (χ2n) is 4.91. The zero-order chi connectivity index (χ0) is 9.81. The topological polar surface area (TPSA) is 40.5 Å². The minimum atomic E-state index is -1.12. The second kappa shape index (κ2) is 2.41. The van der Waals surface area contributed by atoms with E-state index >= 15 is 0 Å². The normalized spacial score (nSPS) is 38.4. The maximum atomic E-state index is 9.19. The lowest BCUT2D eigenvalue weighted by molar-refractivity contribution is -0.0341. The van der Waals surface area contributed by atoms with Gasteiger partial charge in [-0.1, -0.05) is 30.3 Å². The first-order valence-corrected chi connectivity index (χ1v) is 5.09. The lowest BCUT2D eigenvalue weighted by Gasteiger charge is -2.70. The molecule has 0 aromatic heterocycles. The molecule has 3 fully saturated rings. The van der Waals surface area contributed by atoms with Crippen LogP contribution in [-0.4, -0.2) is 17.2 Å². The Bertz CT molecular complexity index is 341. The molecule has 4 rings (SSSR count). The number of benzene rings is 1. The van der Waals surface area contributed by atoms with Crippen molar-refractivity contribution in [2.75, 3.05) is 0 Å². The third-order valence-electron chi connectivity index (χ3n) is 4.01. The molecule has 3 saturated carbocycles. The van der Waals surface area contributed by atoms with E-state index in [1.54, 1.807) is 0 Å². The molecule has 2 N–H and O–H groups in total. The van der Waals surface area contributed by atoms with Gasteiger partial charge < -0.3 is 10.0 Å². The summed E-state index contributed by atoms with van der Waals surface area (Å²) < 4.78 is 0. The molecule has 3 aliphatic rings. The monoisotopic (exact) mass is 188 g/mol. The summed E-state index contributed by atoms with van der Waals surface area (Å²) in [5.74, 6) is 0. The average Bonchev–Trinajstić information content (AvgIpc) is 2.00. The molecule has 2 nitrogen and oxygen atoms in total. The maximum absolute atomic E-state index is 9.19. The Morgan fingerprint density at radius 2 is 1.57 bits per heavy atom. The molecule has 2 bridgehead atoms. The molecule has 3 aliphatic carbocycles. The molecule has 0 spiro atoms. The Morgan fingerprint density at radius 1 is 1.00 bits per heavy atom. The predicted molar refractivity (Wildman–Crippen MR) is 54.9 cm³/mol. The van der Waals surface area contributed by atoms with Gasteiger partial charge in [-0.2, -0.15) is 0 Å². The van der Waals surface area contributed by atoms with E-state index in [1.165, 1.54) is 5.56 Å². The highest BCUT2D eigenvalue weighted by molar-refractivity contribution is 6.47. The largest absolute Gasteiger partial charge is 0.458 e. The summed E-state index contributed by atoms with van der Waals surface area (Å²) in [6.07, 6.45) is 2.84. The SMILES string of the molecule is OB(O)C12CC(c3ccccc3)(C1)C2. The lowest BCUT2D eigenvalue weighted by atomic mass is 9.23. The van der Waals surface area contributed by atoms with Gasteiger partial charge in [-0.05, 0) is 30.2 Å². The van der Waals surface area contributed by atoms with Gasteiger partial charge in [0.1, 0.15) is 0 Å². The first kappa shape index (κ1) is 8.51. The fourth-order valence-corrected chi connectivity index (χ4v) is 3.24. The highest BCUT2D eigenvalue weighted by atomic mass is 16.4. The molecule has 14 heavy (non-hydrogen) atoms. The summed E-state index contributed by atoms with van der Waals surface area (Å²) in [7, 11) is -1.12. The van der Waals surface area contributed by atoms with Gasteiger partial charge in [0.25, 0.3) is 0 Å². The van der Waals surface area contributed by atoms with Gasteiger partial charge in [-0.25, -0.2) is 0 Å². The van der Waals surface area contributed by atoms with E-state index in [0.717, 1.165) is 19.3 Å². The Morgan fingerprint density at radius 3 is 2.07 bits per heavy atom. The molecule has 0 aliphatic heterocycles. The summed E-state index contributed by atoms with van der Waals surface area (Å²) in [5.41, 5.74) is 1.65. The van der Waals surface area contributed by atoms with Crippen molar-refractivity contribution in [2.24, 2.45) is 0 Å². The summed E-state index contributed by atoms with van der Waals surface area (Å²) >= 11 is 0. The number of hydrogen-bond acceptors (Lipinski definition) is 2. The average molecular weight is 188 g/mol. The van der Waals surface area contributed by atoms with Crippen molar-refractivity contribution < 1.29 is 10.0 Å². The van der Waals surface area contributed by atoms with E-state index in [1.807, 2.05) is 6.07 Å². The van der Waals surface area contributed by atoms with Crippen LogP contribution in [0.5, 0.6) is 0 Å². The van der Waals surface area contributed by atoms with Gasteiger partial charge in [0, 0.05) is 5.31 Å². The van der Waals surface area contributed by atoms with E-state index in [2.05, 4.69) is 24.3 Å². The van der Waals surface area contributed by atoms with Crippen molar-refractivity contribution in [3.05, 3.63) is 35.9 Å². The Labute approximate surface area is 83.7 Å².